The number of hydrogen-bond donors (Lipinski definition) is 2. The van der Waals surface area contributed by atoms with Gasteiger partial charge in [-0.2, -0.15) is 5.10 Å². The zero-order chi connectivity index (χ0) is 13.9. The Hall–Kier alpha value is -2.89. The third-order valence-electron chi connectivity index (χ3n) is 2.91. The molecule has 100 valence electrons. The van der Waals surface area contributed by atoms with Crippen molar-refractivity contribution in [2.24, 2.45) is 0 Å². The lowest BCUT2D eigenvalue weighted by molar-refractivity contribution is 0.102. The van der Waals surface area contributed by atoms with Crippen molar-refractivity contribution >= 4 is 22.6 Å². The van der Waals surface area contributed by atoms with Gasteiger partial charge in [0.1, 0.15) is 0 Å². The molecule has 2 heterocycles. The number of nitrogens with zero attached hydrogens (tertiary/aromatic N) is 2. The number of anilines is 1. The summed E-state index contributed by atoms with van der Waals surface area (Å²) in [5.74, 6) is 0.700. The van der Waals surface area contributed by atoms with E-state index in [0.717, 1.165) is 10.9 Å². The van der Waals surface area contributed by atoms with E-state index in [1.165, 1.54) is 13.3 Å². The first-order chi connectivity index (χ1) is 9.78. The molecule has 6 heteroatoms. The Labute approximate surface area is 114 Å². The summed E-state index contributed by atoms with van der Waals surface area (Å²) in [5.41, 5.74) is 1.31. The van der Waals surface area contributed by atoms with Crippen LogP contribution in [0.25, 0.3) is 10.9 Å². The van der Waals surface area contributed by atoms with Gasteiger partial charge in [0.05, 0.1) is 18.2 Å². The topological polar surface area (TPSA) is 79.9 Å². The van der Waals surface area contributed by atoms with E-state index in [4.69, 9.17) is 4.74 Å². The first-order valence-electron chi connectivity index (χ1n) is 6.02. The molecule has 0 spiro atoms. The molecular weight excluding hydrogens is 256 g/mol. The zero-order valence-corrected chi connectivity index (χ0v) is 10.8. The van der Waals surface area contributed by atoms with Crippen LogP contribution in [0.3, 0.4) is 0 Å². The summed E-state index contributed by atoms with van der Waals surface area (Å²) in [6.45, 7) is 0. The maximum absolute atomic E-state index is 12.1. The first-order valence-corrected chi connectivity index (χ1v) is 6.02. The smallest absolute Gasteiger partial charge is 0.258 e. The van der Waals surface area contributed by atoms with Gasteiger partial charge in [-0.15, -0.1) is 0 Å². The Morgan fingerprint density at radius 1 is 1.25 bits per heavy atom. The standard InChI is InChI=1S/C14H12N4O2/c1-20-12-7-6-9(8-15-12)14(19)16-13-10-4-2-3-5-11(10)17-18-13/h2-8H,1H3,(H2,16,17,18,19). The molecule has 2 N–H and O–H groups in total. The van der Waals surface area contributed by atoms with Crippen molar-refractivity contribution < 1.29 is 9.53 Å². The molecule has 6 nitrogen and oxygen atoms in total. The molecule has 20 heavy (non-hydrogen) atoms. The largest absolute Gasteiger partial charge is 0.481 e. The predicted molar refractivity (Wildman–Crippen MR) is 74.8 cm³/mol. The minimum Gasteiger partial charge on any atom is -0.481 e. The van der Waals surface area contributed by atoms with E-state index >= 15 is 0 Å². The number of para-hydroxylation sites is 1. The van der Waals surface area contributed by atoms with Crippen LogP contribution in [-0.2, 0) is 0 Å². The molecule has 0 aliphatic heterocycles. The molecule has 1 amide bonds. The van der Waals surface area contributed by atoms with Crippen LogP contribution in [-0.4, -0.2) is 28.2 Å². The molecule has 0 saturated heterocycles. The number of fused-ring (bicyclic) bond motifs is 1. The van der Waals surface area contributed by atoms with Gasteiger partial charge in [-0.05, 0) is 18.2 Å². The molecular formula is C14H12N4O2. The van der Waals surface area contributed by atoms with Gasteiger partial charge in [-0.1, -0.05) is 12.1 Å². The second-order valence-electron chi connectivity index (χ2n) is 4.16. The molecule has 3 rings (SSSR count). The number of rotatable bonds is 3. The molecule has 0 aliphatic carbocycles. The average Bonchev–Trinajstić information content (AvgIpc) is 2.91. The second-order valence-corrected chi connectivity index (χ2v) is 4.16. The van der Waals surface area contributed by atoms with E-state index < -0.39 is 0 Å². The number of amides is 1. The van der Waals surface area contributed by atoms with Crippen LogP contribution in [0.15, 0.2) is 42.6 Å². The van der Waals surface area contributed by atoms with Crippen LogP contribution in [0.1, 0.15) is 10.4 Å². The van der Waals surface area contributed by atoms with Gasteiger partial charge in [-0.25, -0.2) is 4.98 Å². The van der Waals surface area contributed by atoms with E-state index in [-0.39, 0.29) is 5.91 Å². The number of pyridine rings is 1. The van der Waals surface area contributed by atoms with Gasteiger partial charge < -0.3 is 10.1 Å². The second kappa shape index (κ2) is 5.00. The number of methoxy groups -OCH3 is 1. The highest BCUT2D eigenvalue weighted by Crippen LogP contribution is 2.20. The first kappa shape index (κ1) is 12.2. The summed E-state index contributed by atoms with van der Waals surface area (Å²) < 4.78 is 4.95. The van der Waals surface area contributed by atoms with E-state index in [1.54, 1.807) is 12.1 Å². The van der Waals surface area contributed by atoms with Gasteiger partial charge in [0.15, 0.2) is 5.82 Å². The Morgan fingerprint density at radius 3 is 2.85 bits per heavy atom. The van der Waals surface area contributed by atoms with Crippen molar-refractivity contribution in [2.75, 3.05) is 12.4 Å². The molecule has 1 aromatic carbocycles. The summed E-state index contributed by atoms with van der Waals surface area (Å²) in [6, 6.07) is 10.9. The number of carbonyl (C=O) groups excluding carboxylic acids is 1. The van der Waals surface area contributed by atoms with Crippen LogP contribution in [0.5, 0.6) is 5.88 Å². The maximum Gasteiger partial charge on any atom is 0.258 e. The van der Waals surface area contributed by atoms with Crippen molar-refractivity contribution in [2.45, 2.75) is 0 Å². The highest BCUT2D eigenvalue weighted by molar-refractivity contribution is 6.07. The Morgan fingerprint density at radius 2 is 2.10 bits per heavy atom. The number of H-pyrrole nitrogens is 1. The SMILES string of the molecule is COc1ccc(C(=O)Nc2n[nH]c3ccccc23)cn1. The summed E-state index contributed by atoms with van der Waals surface area (Å²) in [5, 5.41) is 10.6. The molecule has 0 unspecified atom stereocenters. The Kier molecular flexibility index (Phi) is 3.04. The van der Waals surface area contributed by atoms with Gasteiger partial charge in [0, 0.05) is 17.6 Å². The Balaban J connectivity index is 1.84. The molecule has 0 saturated carbocycles. The maximum atomic E-state index is 12.1. The van der Waals surface area contributed by atoms with Crippen molar-refractivity contribution in [1.29, 1.82) is 0 Å². The lowest BCUT2D eigenvalue weighted by Gasteiger charge is -2.03. The lowest BCUT2D eigenvalue weighted by Crippen LogP contribution is -2.12. The van der Waals surface area contributed by atoms with Gasteiger partial charge >= 0.3 is 0 Å². The molecule has 2 aromatic heterocycles. The fourth-order valence-electron chi connectivity index (χ4n) is 1.87. The molecule has 0 bridgehead atoms. The lowest BCUT2D eigenvalue weighted by atomic mass is 10.2. The number of hydrogen-bond acceptors (Lipinski definition) is 4. The van der Waals surface area contributed by atoms with Crippen LogP contribution < -0.4 is 10.1 Å². The number of nitrogens with one attached hydrogen (secondary N) is 2. The Bertz CT molecular complexity index is 749. The highest BCUT2D eigenvalue weighted by Gasteiger charge is 2.11. The molecule has 0 radical (unpaired) electrons. The molecule has 0 aliphatic rings. The van der Waals surface area contributed by atoms with Gasteiger partial charge in [0.25, 0.3) is 5.91 Å². The van der Waals surface area contributed by atoms with Gasteiger partial charge in [-0.3, -0.25) is 9.89 Å². The van der Waals surface area contributed by atoms with Crippen LogP contribution in [0.2, 0.25) is 0 Å². The fraction of sp³-hybridized carbons (Fsp3) is 0.0714. The van der Waals surface area contributed by atoms with E-state index in [1.807, 2.05) is 24.3 Å². The number of aromatic amines is 1. The third-order valence-corrected chi connectivity index (χ3v) is 2.91. The number of benzene rings is 1. The summed E-state index contributed by atoms with van der Waals surface area (Å²) in [7, 11) is 1.53. The van der Waals surface area contributed by atoms with E-state index in [2.05, 4.69) is 20.5 Å². The average molecular weight is 268 g/mol. The molecule has 3 aromatic rings. The zero-order valence-electron chi connectivity index (χ0n) is 10.8. The van der Waals surface area contributed by atoms with Crippen LogP contribution >= 0.6 is 0 Å². The van der Waals surface area contributed by atoms with Crippen molar-refractivity contribution in [3.05, 3.63) is 48.2 Å². The van der Waals surface area contributed by atoms with Crippen LogP contribution in [0.4, 0.5) is 5.82 Å². The van der Waals surface area contributed by atoms with Crippen molar-refractivity contribution in [3.8, 4) is 5.88 Å². The van der Waals surface area contributed by atoms with E-state index in [0.29, 0.717) is 17.3 Å². The third kappa shape index (κ3) is 2.18. The molecule has 0 atom stereocenters. The fourth-order valence-corrected chi connectivity index (χ4v) is 1.87. The van der Waals surface area contributed by atoms with Crippen molar-refractivity contribution in [1.82, 2.24) is 15.2 Å². The summed E-state index contributed by atoms with van der Waals surface area (Å²) in [4.78, 5) is 16.1. The number of aromatic nitrogens is 3. The van der Waals surface area contributed by atoms with Gasteiger partial charge in [0.2, 0.25) is 5.88 Å². The quantitative estimate of drug-likeness (QED) is 0.763. The molecule has 0 fully saturated rings. The van der Waals surface area contributed by atoms with E-state index in [9.17, 15) is 4.79 Å². The van der Waals surface area contributed by atoms with Crippen LogP contribution in [0, 0.1) is 0 Å². The predicted octanol–water partition coefficient (Wildman–Crippen LogP) is 2.22. The summed E-state index contributed by atoms with van der Waals surface area (Å²) >= 11 is 0. The minimum absolute atomic E-state index is 0.266. The number of carbonyl (C=O) groups is 1. The summed E-state index contributed by atoms with van der Waals surface area (Å²) in [6.07, 6.45) is 1.46. The van der Waals surface area contributed by atoms with Crippen molar-refractivity contribution in [3.63, 3.8) is 0 Å². The highest BCUT2D eigenvalue weighted by atomic mass is 16.5. The number of ether oxygens (including phenoxy) is 1. The monoisotopic (exact) mass is 268 g/mol. The normalized spacial score (nSPS) is 10.4. The minimum atomic E-state index is -0.266.